The fourth-order valence-electron chi connectivity index (χ4n) is 2.89. The Morgan fingerprint density at radius 1 is 0.731 bits per heavy atom. The third kappa shape index (κ3) is 19.2. The molecule has 0 aliphatic carbocycles. The molecule has 0 aliphatic heterocycles. The average Bonchev–Trinajstić information content (AvgIpc) is 2.59. The highest BCUT2D eigenvalue weighted by molar-refractivity contribution is 5.68. The second-order valence-corrected chi connectivity index (χ2v) is 6.91. The molecule has 154 valence electrons. The number of carbonyl (C=O) groups is 2. The van der Waals surface area contributed by atoms with E-state index in [1.807, 2.05) is 0 Å². The maximum atomic E-state index is 10.6. The molecule has 0 amide bonds. The van der Waals surface area contributed by atoms with Gasteiger partial charge in [0.1, 0.15) is 13.2 Å². The predicted molar refractivity (Wildman–Crippen MR) is 102 cm³/mol. The number of carboxylic acids is 2. The fourth-order valence-corrected chi connectivity index (χ4v) is 2.89. The molecule has 0 aromatic heterocycles. The standard InChI is InChI=1S/C20H38O6/c1-2-3-4-5-6-7-8-9-10-11-12-13-14-18(26-17-20(23)24)15-25-16-19(21)22/h18H,2-17H2,1H3,(H,21,22)(H,23,24). The van der Waals surface area contributed by atoms with Crippen LogP contribution in [0.5, 0.6) is 0 Å². The number of hydrogen-bond donors (Lipinski definition) is 2. The van der Waals surface area contributed by atoms with Crippen LogP contribution < -0.4 is 0 Å². The molecule has 26 heavy (non-hydrogen) atoms. The molecule has 0 saturated carbocycles. The number of carboxylic acid groups (broad SMARTS) is 2. The first-order valence-corrected chi connectivity index (χ1v) is 10.2. The molecule has 0 saturated heterocycles. The van der Waals surface area contributed by atoms with Crippen LogP contribution in [0.15, 0.2) is 0 Å². The van der Waals surface area contributed by atoms with Gasteiger partial charge in [0.25, 0.3) is 0 Å². The lowest BCUT2D eigenvalue weighted by molar-refractivity contribution is -0.149. The van der Waals surface area contributed by atoms with Crippen LogP contribution in [0.1, 0.15) is 90.4 Å². The van der Waals surface area contributed by atoms with Gasteiger partial charge in [0, 0.05) is 0 Å². The lowest BCUT2D eigenvalue weighted by Crippen LogP contribution is -2.25. The Bertz CT molecular complexity index is 345. The van der Waals surface area contributed by atoms with Crippen molar-refractivity contribution in [2.75, 3.05) is 19.8 Å². The molecule has 6 nitrogen and oxygen atoms in total. The molecule has 0 heterocycles. The Labute approximate surface area is 158 Å². The van der Waals surface area contributed by atoms with E-state index in [4.69, 9.17) is 19.7 Å². The zero-order valence-corrected chi connectivity index (χ0v) is 16.4. The van der Waals surface area contributed by atoms with Gasteiger partial charge >= 0.3 is 11.9 Å². The summed E-state index contributed by atoms with van der Waals surface area (Å²) in [6, 6.07) is 0. The van der Waals surface area contributed by atoms with E-state index in [-0.39, 0.29) is 25.9 Å². The number of rotatable bonds is 20. The summed E-state index contributed by atoms with van der Waals surface area (Å²) in [6.07, 6.45) is 15.5. The SMILES string of the molecule is CCCCCCCCCCCCCCC(COCC(=O)O)OCC(=O)O. The van der Waals surface area contributed by atoms with E-state index in [0.717, 1.165) is 12.8 Å². The van der Waals surface area contributed by atoms with Crippen molar-refractivity contribution in [2.24, 2.45) is 0 Å². The smallest absolute Gasteiger partial charge is 0.329 e. The Hall–Kier alpha value is -1.14. The van der Waals surface area contributed by atoms with Gasteiger partial charge in [-0.25, -0.2) is 9.59 Å². The van der Waals surface area contributed by atoms with Gasteiger partial charge in [-0.3, -0.25) is 0 Å². The number of hydrogen-bond acceptors (Lipinski definition) is 4. The third-order valence-electron chi connectivity index (χ3n) is 4.35. The summed E-state index contributed by atoms with van der Waals surface area (Å²) in [6.45, 7) is 1.60. The molecule has 0 radical (unpaired) electrons. The second kappa shape index (κ2) is 18.6. The Morgan fingerprint density at radius 3 is 1.65 bits per heavy atom. The van der Waals surface area contributed by atoms with Crippen LogP contribution in [-0.2, 0) is 19.1 Å². The van der Waals surface area contributed by atoms with Crippen LogP contribution in [-0.4, -0.2) is 48.1 Å². The molecular weight excluding hydrogens is 336 g/mol. The van der Waals surface area contributed by atoms with Gasteiger partial charge in [0.2, 0.25) is 0 Å². The number of aliphatic carboxylic acids is 2. The van der Waals surface area contributed by atoms with Crippen molar-refractivity contribution in [2.45, 2.75) is 96.5 Å². The molecule has 0 aromatic rings. The van der Waals surface area contributed by atoms with Crippen LogP contribution in [0.25, 0.3) is 0 Å². The van der Waals surface area contributed by atoms with Crippen molar-refractivity contribution < 1.29 is 29.3 Å². The highest BCUT2D eigenvalue weighted by atomic mass is 16.5. The Balaban J connectivity index is 3.58. The van der Waals surface area contributed by atoms with Gasteiger partial charge in [-0.1, -0.05) is 84.0 Å². The molecule has 0 bridgehead atoms. The molecular formula is C20H38O6. The first-order valence-electron chi connectivity index (χ1n) is 10.2. The third-order valence-corrected chi connectivity index (χ3v) is 4.35. The van der Waals surface area contributed by atoms with Crippen LogP contribution >= 0.6 is 0 Å². The second-order valence-electron chi connectivity index (χ2n) is 6.91. The van der Waals surface area contributed by atoms with E-state index in [9.17, 15) is 9.59 Å². The van der Waals surface area contributed by atoms with Crippen molar-refractivity contribution >= 4 is 11.9 Å². The molecule has 0 rings (SSSR count). The van der Waals surface area contributed by atoms with E-state index in [1.54, 1.807) is 0 Å². The molecule has 0 aromatic carbocycles. The van der Waals surface area contributed by atoms with Crippen molar-refractivity contribution in [1.82, 2.24) is 0 Å². The highest BCUT2D eigenvalue weighted by Gasteiger charge is 2.12. The van der Waals surface area contributed by atoms with Gasteiger partial charge in [-0.2, -0.15) is 0 Å². The first kappa shape index (κ1) is 24.9. The van der Waals surface area contributed by atoms with Gasteiger partial charge in [0.15, 0.2) is 0 Å². The highest BCUT2D eigenvalue weighted by Crippen LogP contribution is 2.14. The van der Waals surface area contributed by atoms with Crippen LogP contribution in [0.4, 0.5) is 0 Å². The van der Waals surface area contributed by atoms with Gasteiger partial charge in [-0.15, -0.1) is 0 Å². The molecule has 1 unspecified atom stereocenters. The summed E-state index contributed by atoms with van der Waals surface area (Å²) < 4.78 is 10.3. The van der Waals surface area contributed by atoms with E-state index in [1.165, 1.54) is 64.2 Å². The predicted octanol–water partition coefficient (Wildman–Crippen LogP) is 4.65. The topological polar surface area (TPSA) is 93.1 Å². The fraction of sp³-hybridized carbons (Fsp3) is 0.900. The summed E-state index contributed by atoms with van der Waals surface area (Å²) in [5.41, 5.74) is 0. The van der Waals surface area contributed by atoms with Crippen LogP contribution in [0.2, 0.25) is 0 Å². The lowest BCUT2D eigenvalue weighted by Gasteiger charge is -2.16. The minimum atomic E-state index is -1.03. The summed E-state index contributed by atoms with van der Waals surface area (Å²) >= 11 is 0. The van der Waals surface area contributed by atoms with Crippen molar-refractivity contribution in [1.29, 1.82) is 0 Å². The monoisotopic (exact) mass is 374 g/mol. The number of ether oxygens (including phenoxy) is 2. The molecule has 1 atom stereocenters. The quantitative estimate of drug-likeness (QED) is 0.301. The minimum absolute atomic E-state index is 0.123. The summed E-state index contributed by atoms with van der Waals surface area (Å²) in [5.74, 6) is -2.06. The van der Waals surface area contributed by atoms with E-state index in [2.05, 4.69) is 6.92 Å². The average molecular weight is 375 g/mol. The van der Waals surface area contributed by atoms with Crippen molar-refractivity contribution in [3.63, 3.8) is 0 Å². The van der Waals surface area contributed by atoms with Crippen LogP contribution in [0.3, 0.4) is 0 Å². The molecule has 0 aliphatic rings. The van der Waals surface area contributed by atoms with E-state index >= 15 is 0 Å². The maximum absolute atomic E-state index is 10.6. The summed E-state index contributed by atoms with van der Waals surface area (Å²) in [5, 5.41) is 17.3. The number of unbranched alkanes of at least 4 members (excludes halogenated alkanes) is 11. The van der Waals surface area contributed by atoms with E-state index < -0.39 is 11.9 Å². The largest absolute Gasteiger partial charge is 0.480 e. The Morgan fingerprint density at radius 2 is 1.19 bits per heavy atom. The molecule has 0 fully saturated rings. The van der Waals surface area contributed by atoms with Crippen LogP contribution in [0, 0.1) is 0 Å². The first-order chi connectivity index (χ1) is 12.6. The van der Waals surface area contributed by atoms with E-state index in [0.29, 0.717) is 6.42 Å². The van der Waals surface area contributed by atoms with Gasteiger partial charge in [-0.05, 0) is 6.42 Å². The maximum Gasteiger partial charge on any atom is 0.329 e. The normalized spacial score (nSPS) is 12.2. The molecule has 6 heteroatoms. The van der Waals surface area contributed by atoms with Gasteiger partial charge in [0.05, 0.1) is 12.7 Å². The Kier molecular flexibility index (Phi) is 17.8. The van der Waals surface area contributed by atoms with Gasteiger partial charge < -0.3 is 19.7 Å². The van der Waals surface area contributed by atoms with Crippen molar-refractivity contribution in [3.8, 4) is 0 Å². The summed E-state index contributed by atoms with van der Waals surface area (Å²) in [4.78, 5) is 21.1. The zero-order valence-electron chi connectivity index (χ0n) is 16.4. The molecule has 0 spiro atoms. The molecule has 2 N–H and O–H groups in total. The van der Waals surface area contributed by atoms with Crippen molar-refractivity contribution in [3.05, 3.63) is 0 Å². The summed E-state index contributed by atoms with van der Waals surface area (Å²) in [7, 11) is 0. The zero-order chi connectivity index (χ0) is 19.5. The minimum Gasteiger partial charge on any atom is -0.480 e. The lowest BCUT2D eigenvalue weighted by atomic mass is 10.0.